The van der Waals surface area contributed by atoms with Crippen LogP contribution in [0.2, 0.25) is 0 Å². The van der Waals surface area contributed by atoms with Crippen molar-refractivity contribution >= 4 is 22.5 Å². The number of hydrogen-bond donors (Lipinski definition) is 1. The lowest BCUT2D eigenvalue weighted by atomic mass is 10.1. The Kier molecular flexibility index (Phi) is 3.67. The van der Waals surface area contributed by atoms with E-state index in [-0.39, 0.29) is 12.1 Å². The van der Waals surface area contributed by atoms with Gasteiger partial charge < -0.3 is 9.47 Å². The normalized spacial score (nSPS) is 17.9. The molecule has 0 radical (unpaired) electrons. The molecule has 2 amide bonds. The van der Waals surface area contributed by atoms with Crippen molar-refractivity contribution in [3.05, 3.63) is 29.0 Å². The van der Waals surface area contributed by atoms with E-state index in [0.717, 1.165) is 17.2 Å². The van der Waals surface area contributed by atoms with E-state index in [2.05, 4.69) is 46.2 Å². The zero-order valence-electron chi connectivity index (χ0n) is 12.4. The van der Waals surface area contributed by atoms with E-state index in [9.17, 15) is 4.79 Å². The van der Waals surface area contributed by atoms with E-state index >= 15 is 0 Å². The first kappa shape index (κ1) is 14.1. The van der Waals surface area contributed by atoms with Crippen LogP contribution in [0.25, 0.3) is 0 Å². The van der Waals surface area contributed by atoms with E-state index in [4.69, 9.17) is 0 Å². The van der Waals surface area contributed by atoms with Crippen LogP contribution in [-0.4, -0.2) is 32.2 Å². The standard InChI is InChI=1S/C14H19N5OS/c1-9(2)12-16-17-13(21-12)15-14(20)19-8-7-18-6-4-5-11(18)10(19)3/h4-6,9-10H,7-8H2,1-3H3,(H,15,17,20)/t10-/m0/s1. The average Bonchev–Trinajstić information content (AvgIpc) is 3.07. The van der Waals surface area contributed by atoms with Crippen LogP contribution in [0, 0.1) is 0 Å². The van der Waals surface area contributed by atoms with Crippen LogP contribution in [0.1, 0.15) is 43.4 Å². The van der Waals surface area contributed by atoms with Crippen LogP contribution in [0.15, 0.2) is 18.3 Å². The van der Waals surface area contributed by atoms with Gasteiger partial charge in [0, 0.05) is 30.9 Å². The Morgan fingerprint density at radius 2 is 2.24 bits per heavy atom. The van der Waals surface area contributed by atoms with Gasteiger partial charge in [0.2, 0.25) is 5.13 Å². The summed E-state index contributed by atoms with van der Waals surface area (Å²) in [6, 6.07) is 4.03. The predicted octanol–water partition coefficient (Wildman–Crippen LogP) is 3.07. The quantitative estimate of drug-likeness (QED) is 0.927. The van der Waals surface area contributed by atoms with Gasteiger partial charge in [0.25, 0.3) is 0 Å². The van der Waals surface area contributed by atoms with E-state index in [1.807, 2.05) is 17.9 Å². The number of anilines is 1. The summed E-state index contributed by atoms with van der Waals surface area (Å²) in [5, 5.41) is 12.5. The Balaban J connectivity index is 1.71. The van der Waals surface area contributed by atoms with E-state index < -0.39 is 0 Å². The van der Waals surface area contributed by atoms with Crippen LogP contribution in [0.5, 0.6) is 0 Å². The number of rotatable bonds is 2. The largest absolute Gasteiger partial charge is 0.348 e. The predicted molar refractivity (Wildman–Crippen MR) is 82.6 cm³/mol. The molecular formula is C14H19N5OS. The van der Waals surface area contributed by atoms with Crippen molar-refractivity contribution in [2.24, 2.45) is 0 Å². The molecule has 0 aliphatic carbocycles. The number of nitrogens with zero attached hydrogens (tertiary/aromatic N) is 4. The molecule has 0 unspecified atom stereocenters. The SMILES string of the molecule is CC(C)c1nnc(NC(=O)N2CCn3cccc3[C@@H]2C)s1. The van der Waals surface area contributed by atoms with Crippen molar-refractivity contribution in [2.45, 2.75) is 39.3 Å². The van der Waals surface area contributed by atoms with Crippen LogP contribution in [-0.2, 0) is 6.54 Å². The number of aromatic nitrogens is 3. The lowest BCUT2D eigenvalue weighted by Gasteiger charge is -2.34. The highest BCUT2D eigenvalue weighted by Gasteiger charge is 2.28. The molecule has 112 valence electrons. The molecule has 0 fully saturated rings. The Morgan fingerprint density at radius 3 is 2.95 bits per heavy atom. The Bertz CT molecular complexity index is 647. The highest BCUT2D eigenvalue weighted by atomic mass is 32.1. The van der Waals surface area contributed by atoms with Crippen LogP contribution >= 0.6 is 11.3 Å². The molecule has 1 N–H and O–H groups in total. The highest BCUT2D eigenvalue weighted by Crippen LogP contribution is 2.27. The topological polar surface area (TPSA) is 63.1 Å². The molecule has 1 aliphatic heterocycles. The molecule has 2 aromatic heterocycles. The summed E-state index contributed by atoms with van der Waals surface area (Å²) < 4.78 is 2.19. The minimum absolute atomic E-state index is 0.0613. The minimum atomic E-state index is -0.110. The summed E-state index contributed by atoms with van der Waals surface area (Å²) in [7, 11) is 0. The summed E-state index contributed by atoms with van der Waals surface area (Å²) in [5.74, 6) is 0.324. The van der Waals surface area contributed by atoms with Gasteiger partial charge in [-0.15, -0.1) is 10.2 Å². The van der Waals surface area contributed by atoms with Crippen molar-refractivity contribution in [3.63, 3.8) is 0 Å². The first-order valence-corrected chi connectivity index (χ1v) is 7.94. The van der Waals surface area contributed by atoms with Gasteiger partial charge in [0.1, 0.15) is 5.01 Å². The lowest BCUT2D eigenvalue weighted by Crippen LogP contribution is -2.42. The van der Waals surface area contributed by atoms with Gasteiger partial charge in [0.05, 0.1) is 6.04 Å². The Morgan fingerprint density at radius 1 is 1.43 bits per heavy atom. The van der Waals surface area contributed by atoms with Gasteiger partial charge in [0.15, 0.2) is 0 Å². The molecule has 3 heterocycles. The number of fused-ring (bicyclic) bond motifs is 1. The van der Waals surface area contributed by atoms with Gasteiger partial charge in [-0.2, -0.15) is 0 Å². The molecule has 3 rings (SSSR count). The lowest BCUT2D eigenvalue weighted by molar-refractivity contribution is 0.175. The maximum absolute atomic E-state index is 12.4. The number of hydrogen-bond acceptors (Lipinski definition) is 4. The molecule has 0 aromatic carbocycles. The number of nitrogens with one attached hydrogen (secondary N) is 1. The summed E-state index contributed by atoms with van der Waals surface area (Å²) in [6.07, 6.45) is 2.06. The van der Waals surface area contributed by atoms with Gasteiger partial charge in [-0.1, -0.05) is 25.2 Å². The third kappa shape index (κ3) is 2.65. The number of carbonyl (C=O) groups is 1. The van der Waals surface area contributed by atoms with Crippen molar-refractivity contribution in [2.75, 3.05) is 11.9 Å². The minimum Gasteiger partial charge on any atom is -0.348 e. The Hall–Kier alpha value is -1.89. The second kappa shape index (κ2) is 5.48. The van der Waals surface area contributed by atoms with Crippen LogP contribution in [0.3, 0.4) is 0 Å². The molecule has 6 nitrogen and oxygen atoms in total. The molecule has 7 heteroatoms. The molecule has 2 aromatic rings. The van der Waals surface area contributed by atoms with Gasteiger partial charge in [-0.3, -0.25) is 5.32 Å². The number of carbonyl (C=O) groups excluding carboxylic acids is 1. The number of urea groups is 1. The molecule has 0 bridgehead atoms. The van der Waals surface area contributed by atoms with Crippen molar-refractivity contribution < 1.29 is 4.79 Å². The maximum Gasteiger partial charge on any atom is 0.324 e. The van der Waals surface area contributed by atoms with E-state index in [0.29, 0.717) is 17.6 Å². The third-order valence-electron chi connectivity index (χ3n) is 3.75. The van der Waals surface area contributed by atoms with E-state index in [1.165, 1.54) is 11.3 Å². The van der Waals surface area contributed by atoms with Crippen LogP contribution in [0.4, 0.5) is 9.93 Å². The monoisotopic (exact) mass is 305 g/mol. The van der Waals surface area contributed by atoms with Crippen molar-refractivity contribution in [1.29, 1.82) is 0 Å². The molecular weight excluding hydrogens is 286 g/mol. The van der Waals surface area contributed by atoms with E-state index in [1.54, 1.807) is 0 Å². The molecule has 1 aliphatic rings. The molecule has 0 saturated carbocycles. The van der Waals surface area contributed by atoms with Gasteiger partial charge in [-0.05, 0) is 19.1 Å². The molecule has 0 saturated heterocycles. The first-order valence-electron chi connectivity index (χ1n) is 7.12. The van der Waals surface area contributed by atoms with Crippen molar-refractivity contribution in [3.8, 4) is 0 Å². The summed E-state index contributed by atoms with van der Waals surface area (Å²) in [4.78, 5) is 14.3. The second-order valence-electron chi connectivity index (χ2n) is 5.53. The average molecular weight is 305 g/mol. The number of amides is 2. The molecule has 21 heavy (non-hydrogen) atoms. The maximum atomic E-state index is 12.4. The summed E-state index contributed by atoms with van der Waals surface area (Å²) >= 11 is 1.44. The highest BCUT2D eigenvalue weighted by molar-refractivity contribution is 7.15. The molecule has 1 atom stereocenters. The van der Waals surface area contributed by atoms with Gasteiger partial charge >= 0.3 is 6.03 Å². The smallest absolute Gasteiger partial charge is 0.324 e. The molecule has 0 spiro atoms. The van der Waals surface area contributed by atoms with Gasteiger partial charge in [-0.25, -0.2) is 4.79 Å². The fourth-order valence-corrected chi connectivity index (χ4v) is 3.27. The van der Waals surface area contributed by atoms with Crippen LogP contribution < -0.4 is 5.32 Å². The summed E-state index contributed by atoms with van der Waals surface area (Å²) in [5.41, 5.74) is 1.16. The zero-order valence-corrected chi connectivity index (χ0v) is 13.2. The first-order chi connectivity index (χ1) is 10.1. The summed E-state index contributed by atoms with van der Waals surface area (Å²) in [6.45, 7) is 7.70. The second-order valence-corrected chi connectivity index (χ2v) is 6.54. The van der Waals surface area contributed by atoms with Crippen molar-refractivity contribution in [1.82, 2.24) is 19.7 Å². The Labute approximate surface area is 127 Å². The fraction of sp³-hybridized carbons (Fsp3) is 0.500. The zero-order chi connectivity index (χ0) is 15.0. The third-order valence-corrected chi connectivity index (χ3v) is 4.89. The fourth-order valence-electron chi connectivity index (χ4n) is 2.54.